The van der Waals surface area contributed by atoms with Crippen LogP contribution in [0.3, 0.4) is 0 Å². The predicted molar refractivity (Wildman–Crippen MR) is 67.0 cm³/mol. The van der Waals surface area contributed by atoms with Gasteiger partial charge in [0.1, 0.15) is 11.9 Å². The van der Waals surface area contributed by atoms with Crippen LogP contribution in [0, 0.1) is 5.82 Å². The quantitative estimate of drug-likeness (QED) is 0.661. The molecule has 104 valence electrons. The zero-order valence-electron chi connectivity index (χ0n) is 10.2. The van der Waals surface area contributed by atoms with Gasteiger partial charge in [-0.25, -0.2) is 4.39 Å². The van der Waals surface area contributed by atoms with E-state index in [-0.39, 0.29) is 12.2 Å². The number of hydrogen-bond acceptors (Lipinski definition) is 3. The molecule has 0 fully saturated rings. The van der Waals surface area contributed by atoms with Crippen LogP contribution in [0.1, 0.15) is 23.2 Å². The number of carbonyl (C=O) groups is 2. The average Bonchev–Trinajstić information content (AvgIpc) is 2.75. The van der Waals surface area contributed by atoms with E-state index >= 15 is 0 Å². The van der Waals surface area contributed by atoms with Crippen LogP contribution in [0.5, 0.6) is 0 Å². The molecule has 0 bridgehead atoms. The maximum Gasteiger partial charge on any atom is 0.326 e. The minimum absolute atomic E-state index is 0.0111. The molecule has 0 radical (unpaired) electrons. The number of carboxylic acids is 2. The monoisotopic (exact) mass is 278 g/mol. The van der Waals surface area contributed by atoms with Crippen LogP contribution in [0.25, 0.3) is 10.9 Å². The van der Waals surface area contributed by atoms with Crippen LogP contribution in [0.15, 0.2) is 18.2 Å². The van der Waals surface area contributed by atoms with E-state index in [2.05, 4.69) is 10.3 Å². The normalized spacial score (nSPS) is 21.6. The lowest BCUT2D eigenvalue weighted by molar-refractivity contribution is -0.142. The number of carboxylic acid groups (broad SMARTS) is 2. The second-order valence-electron chi connectivity index (χ2n) is 4.71. The second kappa shape index (κ2) is 4.31. The highest BCUT2D eigenvalue weighted by molar-refractivity contribution is 5.93. The molecule has 0 aliphatic carbocycles. The van der Waals surface area contributed by atoms with Gasteiger partial charge < -0.3 is 15.2 Å². The molecule has 0 spiro atoms. The summed E-state index contributed by atoms with van der Waals surface area (Å²) in [5, 5.41) is 21.5. The second-order valence-corrected chi connectivity index (χ2v) is 4.71. The van der Waals surface area contributed by atoms with Gasteiger partial charge in [-0.15, -0.1) is 0 Å². The van der Waals surface area contributed by atoms with Crippen LogP contribution in [0.4, 0.5) is 4.39 Å². The fraction of sp³-hybridized carbons (Fsp3) is 0.231. The van der Waals surface area contributed by atoms with Gasteiger partial charge in [-0.3, -0.25) is 14.9 Å². The number of nitrogens with one attached hydrogen (secondary N) is 2. The average molecular weight is 278 g/mol. The lowest BCUT2D eigenvalue weighted by Crippen LogP contribution is -2.39. The maximum atomic E-state index is 13.4. The smallest absolute Gasteiger partial charge is 0.326 e. The Balaban J connectivity index is 2.30. The lowest BCUT2D eigenvalue weighted by atomic mass is 9.89. The van der Waals surface area contributed by atoms with E-state index < -0.39 is 29.7 Å². The number of halogens is 1. The summed E-state index contributed by atoms with van der Waals surface area (Å²) < 4.78 is 13.4. The lowest BCUT2D eigenvalue weighted by Gasteiger charge is -2.25. The van der Waals surface area contributed by atoms with Crippen molar-refractivity contribution in [3.63, 3.8) is 0 Å². The molecule has 2 unspecified atom stereocenters. The van der Waals surface area contributed by atoms with Gasteiger partial charge in [-0.2, -0.15) is 0 Å². The first kappa shape index (κ1) is 12.6. The number of rotatable bonds is 2. The Morgan fingerprint density at radius 3 is 2.65 bits per heavy atom. The van der Waals surface area contributed by atoms with Crippen molar-refractivity contribution < 1.29 is 24.2 Å². The largest absolute Gasteiger partial charge is 0.481 e. The third kappa shape index (κ3) is 1.75. The Hall–Kier alpha value is -2.41. The highest BCUT2D eigenvalue weighted by Gasteiger charge is 2.37. The van der Waals surface area contributed by atoms with Crippen LogP contribution in [-0.4, -0.2) is 33.7 Å². The Morgan fingerprint density at radius 2 is 2.00 bits per heavy atom. The fourth-order valence-electron chi connectivity index (χ4n) is 2.67. The molecule has 7 heteroatoms. The molecule has 2 heterocycles. The molecule has 2 atom stereocenters. The molecule has 3 rings (SSSR count). The number of aromatic amines is 1. The van der Waals surface area contributed by atoms with Crippen molar-refractivity contribution in [3.8, 4) is 0 Å². The van der Waals surface area contributed by atoms with Crippen LogP contribution in [-0.2, 0) is 9.59 Å². The Labute approximate surface area is 112 Å². The summed E-state index contributed by atoms with van der Waals surface area (Å²) >= 11 is 0. The topological polar surface area (TPSA) is 102 Å². The van der Waals surface area contributed by atoms with E-state index in [1.54, 1.807) is 0 Å². The number of fused-ring (bicyclic) bond motifs is 3. The van der Waals surface area contributed by atoms with Crippen molar-refractivity contribution in [2.24, 2.45) is 0 Å². The highest BCUT2D eigenvalue weighted by atomic mass is 19.1. The Bertz CT molecular complexity index is 724. The molecule has 1 aromatic heterocycles. The molecule has 1 aliphatic rings. The number of aliphatic carboxylic acids is 2. The minimum atomic E-state index is -1.11. The van der Waals surface area contributed by atoms with Crippen LogP contribution in [0.2, 0.25) is 0 Å². The molecule has 0 amide bonds. The van der Waals surface area contributed by atoms with Crippen molar-refractivity contribution in [2.75, 3.05) is 6.54 Å². The van der Waals surface area contributed by atoms with Gasteiger partial charge >= 0.3 is 11.9 Å². The molecule has 0 saturated heterocycles. The fourth-order valence-corrected chi connectivity index (χ4v) is 2.67. The summed E-state index contributed by atoms with van der Waals surface area (Å²) in [7, 11) is 0. The SMILES string of the molecule is O=C(O)C1CNC(C(=O)O)c2[nH]c3ccc(F)cc3c21. The predicted octanol–water partition coefficient (Wildman–Crippen LogP) is 1.20. The molecule has 0 saturated carbocycles. The minimum Gasteiger partial charge on any atom is -0.481 e. The zero-order chi connectivity index (χ0) is 14.4. The first-order chi connectivity index (χ1) is 9.49. The first-order valence-corrected chi connectivity index (χ1v) is 5.99. The van der Waals surface area contributed by atoms with Crippen molar-refractivity contribution >= 4 is 22.8 Å². The van der Waals surface area contributed by atoms with Crippen molar-refractivity contribution in [1.82, 2.24) is 10.3 Å². The molecule has 6 nitrogen and oxygen atoms in total. The van der Waals surface area contributed by atoms with E-state index in [0.29, 0.717) is 16.5 Å². The standard InChI is InChI=1S/C13H11FN2O4/c14-5-1-2-8-6(3-5)9-7(12(17)18)4-15-11(13(19)20)10(9)16-8/h1-3,7,11,15-16H,4H2,(H,17,18)(H,19,20). The number of aromatic nitrogens is 1. The molecule has 4 N–H and O–H groups in total. The summed E-state index contributed by atoms with van der Waals surface area (Å²) in [6.45, 7) is -0.0111. The summed E-state index contributed by atoms with van der Waals surface area (Å²) in [4.78, 5) is 25.4. The van der Waals surface area contributed by atoms with Crippen molar-refractivity contribution in [1.29, 1.82) is 0 Å². The molecule has 2 aromatic rings. The van der Waals surface area contributed by atoms with Crippen LogP contribution >= 0.6 is 0 Å². The number of hydrogen-bond donors (Lipinski definition) is 4. The molecular formula is C13H11FN2O4. The van der Waals surface area contributed by atoms with E-state index in [0.717, 1.165) is 0 Å². The van der Waals surface area contributed by atoms with E-state index in [1.165, 1.54) is 18.2 Å². The van der Waals surface area contributed by atoms with Gasteiger partial charge in [0.25, 0.3) is 0 Å². The molecular weight excluding hydrogens is 267 g/mol. The van der Waals surface area contributed by atoms with Crippen molar-refractivity contribution in [3.05, 3.63) is 35.3 Å². The van der Waals surface area contributed by atoms with Gasteiger partial charge in [0, 0.05) is 23.1 Å². The highest BCUT2D eigenvalue weighted by Crippen LogP contribution is 2.36. The maximum absolute atomic E-state index is 13.4. The van der Waals surface area contributed by atoms with Gasteiger partial charge in [0.15, 0.2) is 0 Å². The van der Waals surface area contributed by atoms with Gasteiger partial charge in [0.2, 0.25) is 0 Å². The molecule has 1 aliphatic heterocycles. The molecule has 1 aromatic carbocycles. The Morgan fingerprint density at radius 1 is 1.25 bits per heavy atom. The van der Waals surface area contributed by atoms with E-state index in [9.17, 15) is 24.2 Å². The summed E-state index contributed by atoms with van der Waals surface area (Å²) in [6, 6.07) is 2.92. The zero-order valence-corrected chi connectivity index (χ0v) is 10.2. The van der Waals surface area contributed by atoms with Crippen molar-refractivity contribution in [2.45, 2.75) is 12.0 Å². The molecule has 20 heavy (non-hydrogen) atoms. The Kier molecular flexibility index (Phi) is 2.72. The van der Waals surface area contributed by atoms with Gasteiger partial charge in [0.05, 0.1) is 5.92 Å². The van der Waals surface area contributed by atoms with Gasteiger partial charge in [-0.1, -0.05) is 0 Å². The number of H-pyrrole nitrogens is 1. The summed E-state index contributed by atoms with van der Waals surface area (Å²) in [5.41, 5.74) is 1.15. The van der Waals surface area contributed by atoms with Crippen LogP contribution < -0.4 is 5.32 Å². The summed E-state index contributed by atoms with van der Waals surface area (Å²) in [6.07, 6.45) is 0. The first-order valence-electron chi connectivity index (χ1n) is 5.99. The number of benzene rings is 1. The van der Waals surface area contributed by atoms with Gasteiger partial charge in [-0.05, 0) is 23.8 Å². The van der Waals surface area contributed by atoms with E-state index in [1.807, 2.05) is 0 Å². The van der Waals surface area contributed by atoms with E-state index in [4.69, 9.17) is 0 Å². The third-order valence-corrected chi connectivity index (χ3v) is 3.54. The third-order valence-electron chi connectivity index (χ3n) is 3.54. The summed E-state index contributed by atoms with van der Waals surface area (Å²) in [5.74, 6) is -3.58.